The van der Waals surface area contributed by atoms with E-state index in [0.717, 1.165) is 24.7 Å². The number of esters is 1. The molecule has 0 bridgehead atoms. The fourth-order valence-corrected chi connectivity index (χ4v) is 5.89. The Morgan fingerprint density at radius 3 is 1.93 bits per heavy atom. The van der Waals surface area contributed by atoms with Crippen LogP contribution >= 0.6 is 0 Å². The summed E-state index contributed by atoms with van der Waals surface area (Å²) in [5, 5.41) is 0. The molecule has 3 saturated carbocycles. The first-order valence-electron chi connectivity index (χ1n) is 11.8. The Morgan fingerprint density at radius 2 is 1.32 bits per heavy atom. The molecule has 150 valence electrons. The summed E-state index contributed by atoms with van der Waals surface area (Å²) in [6.45, 7) is 0. The number of benzene rings is 1. The zero-order chi connectivity index (χ0) is 19.3. The second kappa shape index (κ2) is 9.50. The van der Waals surface area contributed by atoms with Crippen molar-refractivity contribution >= 4 is 13.8 Å². The molecular formula is C25H35BO2. The molecule has 1 aromatic rings. The van der Waals surface area contributed by atoms with Crippen molar-refractivity contribution in [3.05, 3.63) is 29.8 Å². The van der Waals surface area contributed by atoms with E-state index in [4.69, 9.17) is 12.6 Å². The maximum absolute atomic E-state index is 12.6. The van der Waals surface area contributed by atoms with Gasteiger partial charge in [-0.05, 0) is 74.0 Å². The van der Waals surface area contributed by atoms with Crippen molar-refractivity contribution in [2.45, 2.75) is 95.2 Å². The molecule has 0 aromatic heterocycles. The summed E-state index contributed by atoms with van der Waals surface area (Å²) >= 11 is 0. The summed E-state index contributed by atoms with van der Waals surface area (Å²) in [5.74, 6) is 3.54. The van der Waals surface area contributed by atoms with Crippen LogP contribution in [0.15, 0.2) is 24.3 Å². The molecule has 0 aliphatic heterocycles. The van der Waals surface area contributed by atoms with Gasteiger partial charge in [0.25, 0.3) is 0 Å². The molecule has 28 heavy (non-hydrogen) atoms. The van der Waals surface area contributed by atoms with Gasteiger partial charge < -0.3 is 4.74 Å². The van der Waals surface area contributed by atoms with Crippen molar-refractivity contribution in [1.29, 1.82) is 0 Å². The lowest BCUT2D eigenvalue weighted by molar-refractivity contribution is -0.140. The highest BCUT2D eigenvalue weighted by Crippen LogP contribution is 2.42. The van der Waals surface area contributed by atoms with Gasteiger partial charge in [0.1, 0.15) is 5.75 Å². The maximum Gasteiger partial charge on any atom is 0.314 e. The van der Waals surface area contributed by atoms with E-state index in [1.807, 2.05) is 12.1 Å². The quantitative estimate of drug-likeness (QED) is 0.335. The third kappa shape index (κ3) is 5.02. The Hall–Kier alpha value is -1.25. The smallest absolute Gasteiger partial charge is 0.314 e. The molecule has 0 heterocycles. The number of hydrogen-bond acceptors (Lipinski definition) is 2. The summed E-state index contributed by atoms with van der Waals surface area (Å²) in [6, 6.07) is 8.34. The third-order valence-corrected chi connectivity index (χ3v) is 7.76. The molecule has 0 spiro atoms. The molecule has 0 amide bonds. The minimum Gasteiger partial charge on any atom is -0.426 e. The summed E-state index contributed by atoms with van der Waals surface area (Å²) in [5.41, 5.74) is 1.41. The molecule has 4 rings (SSSR count). The van der Waals surface area contributed by atoms with Crippen LogP contribution in [-0.2, 0) is 4.79 Å². The van der Waals surface area contributed by atoms with Gasteiger partial charge in [0.15, 0.2) is 0 Å². The summed E-state index contributed by atoms with van der Waals surface area (Å²) in [7, 11) is 6.05. The number of ether oxygens (including phenoxy) is 1. The predicted molar refractivity (Wildman–Crippen MR) is 115 cm³/mol. The second-order valence-corrected chi connectivity index (χ2v) is 9.61. The van der Waals surface area contributed by atoms with E-state index in [0.29, 0.717) is 17.5 Å². The van der Waals surface area contributed by atoms with Crippen molar-refractivity contribution in [2.75, 3.05) is 0 Å². The molecule has 3 aliphatic rings. The van der Waals surface area contributed by atoms with E-state index in [-0.39, 0.29) is 11.9 Å². The van der Waals surface area contributed by atoms with Crippen LogP contribution < -0.4 is 4.74 Å². The number of carbonyl (C=O) groups is 1. The van der Waals surface area contributed by atoms with Gasteiger partial charge in [-0.25, -0.2) is 0 Å². The van der Waals surface area contributed by atoms with Crippen LogP contribution in [0.4, 0.5) is 0 Å². The van der Waals surface area contributed by atoms with Gasteiger partial charge in [0, 0.05) is 0 Å². The lowest BCUT2D eigenvalue weighted by Crippen LogP contribution is -2.29. The Balaban J connectivity index is 1.24. The maximum atomic E-state index is 12.6. The molecule has 0 atom stereocenters. The average molecular weight is 378 g/mol. The highest BCUT2D eigenvalue weighted by Gasteiger charge is 2.33. The van der Waals surface area contributed by atoms with Gasteiger partial charge in [-0.2, -0.15) is 0 Å². The van der Waals surface area contributed by atoms with Crippen LogP contribution in [0.2, 0.25) is 5.82 Å². The van der Waals surface area contributed by atoms with Gasteiger partial charge in [-0.3, -0.25) is 4.79 Å². The van der Waals surface area contributed by atoms with Gasteiger partial charge >= 0.3 is 5.97 Å². The number of rotatable bonds is 4. The molecule has 0 saturated heterocycles. The highest BCUT2D eigenvalue weighted by atomic mass is 16.5. The Bertz CT molecular complexity index is 618. The lowest BCUT2D eigenvalue weighted by Gasteiger charge is -2.36. The van der Waals surface area contributed by atoms with Gasteiger partial charge in [0.05, 0.1) is 13.8 Å². The second-order valence-electron chi connectivity index (χ2n) is 9.61. The highest BCUT2D eigenvalue weighted by molar-refractivity contribution is 6.11. The van der Waals surface area contributed by atoms with E-state index in [1.165, 1.54) is 76.2 Å². The summed E-state index contributed by atoms with van der Waals surface area (Å²) in [6.07, 6.45) is 16.0. The molecule has 0 unspecified atom stereocenters. The zero-order valence-corrected chi connectivity index (χ0v) is 17.3. The van der Waals surface area contributed by atoms with Crippen LogP contribution in [-0.4, -0.2) is 13.8 Å². The largest absolute Gasteiger partial charge is 0.426 e. The fourth-order valence-electron chi connectivity index (χ4n) is 5.89. The molecular weight excluding hydrogens is 343 g/mol. The first-order chi connectivity index (χ1) is 13.7. The molecule has 0 N–H and O–H groups in total. The Morgan fingerprint density at radius 1 is 0.750 bits per heavy atom. The first kappa shape index (κ1) is 20.0. The summed E-state index contributed by atoms with van der Waals surface area (Å²) in [4.78, 5) is 12.6. The standard InChI is InChI=1S/C25H35BO2/c26-23-14-10-20(11-15-23)19-6-8-22(9-7-19)25(27)28-24-16-12-21(13-17-24)18-4-2-1-3-5-18/h12-13,16-20,22-23H,1-11,14-15H2. The molecule has 2 nitrogen and oxygen atoms in total. The van der Waals surface area contributed by atoms with E-state index in [2.05, 4.69) is 12.1 Å². The van der Waals surface area contributed by atoms with Gasteiger partial charge in [-0.15, -0.1) is 0 Å². The van der Waals surface area contributed by atoms with E-state index in [9.17, 15) is 4.79 Å². The Kier molecular flexibility index (Phi) is 6.80. The van der Waals surface area contributed by atoms with E-state index >= 15 is 0 Å². The summed E-state index contributed by atoms with van der Waals surface area (Å²) < 4.78 is 5.74. The lowest BCUT2D eigenvalue weighted by atomic mass is 9.65. The number of carbonyl (C=O) groups excluding carboxylic acids is 1. The fraction of sp³-hybridized carbons (Fsp3) is 0.720. The molecule has 3 heteroatoms. The van der Waals surface area contributed by atoms with Crippen LogP contribution in [0.25, 0.3) is 0 Å². The van der Waals surface area contributed by atoms with Crippen LogP contribution in [0.5, 0.6) is 5.75 Å². The van der Waals surface area contributed by atoms with E-state index < -0.39 is 0 Å². The van der Waals surface area contributed by atoms with Crippen molar-refractivity contribution in [2.24, 2.45) is 17.8 Å². The van der Waals surface area contributed by atoms with Crippen LogP contribution in [0, 0.1) is 17.8 Å². The Labute approximate surface area is 172 Å². The van der Waals surface area contributed by atoms with Crippen LogP contribution in [0.3, 0.4) is 0 Å². The predicted octanol–water partition coefficient (Wildman–Crippen LogP) is 6.59. The minimum atomic E-state index is -0.0190. The van der Waals surface area contributed by atoms with Crippen molar-refractivity contribution in [3.8, 4) is 5.75 Å². The molecule has 3 aliphatic carbocycles. The molecule has 1 aromatic carbocycles. The SMILES string of the molecule is [B]C1CCC(C2CCC(C(=O)Oc3ccc(C4CCCCC4)cc3)CC2)CC1. The monoisotopic (exact) mass is 378 g/mol. The third-order valence-electron chi connectivity index (χ3n) is 7.76. The van der Waals surface area contributed by atoms with Crippen molar-refractivity contribution < 1.29 is 9.53 Å². The number of hydrogen-bond donors (Lipinski definition) is 0. The van der Waals surface area contributed by atoms with E-state index in [1.54, 1.807) is 0 Å². The molecule has 3 fully saturated rings. The zero-order valence-electron chi connectivity index (χ0n) is 17.3. The first-order valence-corrected chi connectivity index (χ1v) is 11.8. The normalized spacial score (nSPS) is 32.0. The minimum absolute atomic E-state index is 0.0190. The van der Waals surface area contributed by atoms with Crippen LogP contribution in [0.1, 0.15) is 95.0 Å². The van der Waals surface area contributed by atoms with Crippen molar-refractivity contribution in [1.82, 2.24) is 0 Å². The molecule has 2 radical (unpaired) electrons. The topological polar surface area (TPSA) is 26.3 Å². The van der Waals surface area contributed by atoms with Gasteiger partial charge in [0.2, 0.25) is 0 Å². The van der Waals surface area contributed by atoms with Gasteiger partial charge in [-0.1, -0.05) is 62.9 Å². The van der Waals surface area contributed by atoms with Crippen molar-refractivity contribution in [3.63, 3.8) is 0 Å². The average Bonchev–Trinajstić information content (AvgIpc) is 2.75.